The van der Waals surface area contributed by atoms with Crippen molar-refractivity contribution in [2.45, 2.75) is 51.4 Å². The van der Waals surface area contributed by atoms with Crippen LogP contribution in [0, 0.1) is 0 Å². The first-order chi connectivity index (χ1) is 11.1. The highest BCUT2D eigenvalue weighted by Crippen LogP contribution is 2.26. The topological polar surface area (TPSA) is 59.2 Å². The largest absolute Gasteiger partial charge is 0.342 e. The highest BCUT2D eigenvalue weighted by Gasteiger charge is 2.28. The predicted octanol–water partition coefficient (Wildman–Crippen LogP) is 3.59. The second-order valence-corrected chi connectivity index (χ2v) is 7.24. The number of aromatic nitrogens is 2. The summed E-state index contributed by atoms with van der Waals surface area (Å²) in [6.07, 6.45) is 3.42. The lowest BCUT2D eigenvalue weighted by atomic mass is 9.97. The summed E-state index contributed by atoms with van der Waals surface area (Å²) in [5.74, 6) is 2.10. The molecule has 1 aliphatic rings. The number of rotatable bonds is 5. The fourth-order valence-corrected chi connectivity index (χ4v) is 3.61. The third-order valence-corrected chi connectivity index (χ3v) is 5.03. The second-order valence-electron chi connectivity index (χ2n) is 6.46. The smallest absolute Gasteiger partial charge is 0.229 e. The van der Waals surface area contributed by atoms with Crippen molar-refractivity contribution in [1.82, 2.24) is 15.0 Å². The predicted molar refractivity (Wildman–Crippen MR) is 89.6 cm³/mol. The lowest BCUT2D eigenvalue weighted by Crippen LogP contribution is -2.39. The van der Waals surface area contributed by atoms with Gasteiger partial charge in [0.1, 0.15) is 0 Å². The Balaban J connectivity index is 1.57. The van der Waals surface area contributed by atoms with E-state index in [9.17, 15) is 4.79 Å². The maximum Gasteiger partial charge on any atom is 0.229 e. The number of thiophene rings is 1. The number of amides is 1. The van der Waals surface area contributed by atoms with E-state index in [2.05, 4.69) is 27.0 Å². The molecule has 3 heterocycles. The highest BCUT2D eigenvalue weighted by atomic mass is 32.1. The van der Waals surface area contributed by atoms with E-state index in [1.54, 1.807) is 11.3 Å². The molecule has 0 saturated carbocycles. The summed E-state index contributed by atoms with van der Waals surface area (Å²) in [5.41, 5.74) is 1.25. The number of hydrogen-bond acceptors (Lipinski definition) is 5. The second kappa shape index (κ2) is 7.25. The standard InChI is InChI=1S/C17H23N3O2S/c1-12(2)17-18-16(19-22-17)14-4-3-8-20(10-14)15(21)6-5-13-7-9-23-11-13/h7,9,11-12,14H,3-6,8,10H2,1-2H3/t14-/m1/s1. The van der Waals surface area contributed by atoms with Crippen molar-refractivity contribution in [3.05, 3.63) is 34.1 Å². The third-order valence-electron chi connectivity index (χ3n) is 4.30. The van der Waals surface area contributed by atoms with Crippen LogP contribution >= 0.6 is 11.3 Å². The molecule has 0 spiro atoms. The van der Waals surface area contributed by atoms with Crippen molar-refractivity contribution in [3.8, 4) is 0 Å². The summed E-state index contributed by atoms with van der Waals surface area (Å²) in [5, 5.41) is 8.28. The van der Waals surface area contributed by atoms with Crippen molar-refractivity contribution in [3.63, 3.8) is 0 Å². The molecule has 124 valence electrons. The molecule has 0 aromatic carbocycles. The fraction of sp³-hybridized carbons (Fsp3) is 0.588. The summed E-state index contributed by atoms with van der Waals surface area (Å²) >= 11 is 1.68. The van der Waals surface area contributed by atoms with Gasteiger partial charge in [0.25, 0.3) is 0 Å². The van der Waals surface area contributed by atoms with Gasteiger partial charge >= 0.3 is 0 Å². The fourth-order valence-electron chi connectivity index (χ4n) is 2.91. The van der Waals surface area contributed by atoms with E-state index >= 15 is 0 Å². The number of carbonyl (C=O) groups excluding carboxylic acids is 1. The molecule has 0 bridgehead atoms. The van der Waals surface area contributed by atoms with E-state index in [-0.39, 0.29) is 17.7 Å². The number of aryl methyl sites for hydroxylation is 1. The van der Waals surface area contributed by atoms with Crippen LogP contribution in [-0.2, 0) is 11.2 Å². The van der Waals surface area contributed by atoms with Crippen molar-refractivity contribution >= 4 is 17.2 Å². The van der Waals surface area contributed by atoms with Crippen LogP contribution in [-0.4, -0.2) is 34.0 Å². The van der Waals surface area contributed by atoms with Crippen LogP contribution in [0.15, 0.2) is 21.3 Å². The van der Waals surface area contributed by atoms with Gasteiger partial charge in [0.15, 0.2) is 5.82 Å². The molecule has 6 heteroatoms. The average Bonchev–Trinajstić information content (AvgIpc) is 3.24. The molecule has 1 aliphatic heterocycles. The van der Waals surface area contributed by atoms with Gasteiger partial charge in [-0.1, -0.05) is 19.0 Å². The van der Waals surface area contributed by atoms with Gasteiger partial charge in [0, 0.05) is 31.3 Å². The zero-order chi connectivity index (χ0) is 16.2. The van der Waals surface area contributed by atoms with Gasteiger partial charge in [-0.15, -0.1) is 0 Å². The van der Waals surface area contributed by atoms with Crippen LogP contribution in [0.2, 0.25) is 0 Å². The molecule has 0 aliphatic carbocycles. The molecule has 1 saturated heterocycles. The van der Waals surface area contributed by atoms with Gasteiger partial charge in [0.05, 0.1) is 0 Å². The molecular weight excluding hydrogens is 310 g/mol. The molecule has 5 nitrogen and oxygen atoms in total. The molecule has 1 amide bonds. The SMILES string of the molecule is CC(C)c1nc([C@@H]2CCCN(C(=O)CCc3ccsc3)C2)no1. The van der Waals surface area contributed by atoms with Gasteiger partial charge in [-0.05, 0) is 41.7 Å². The Bertz CT molecular complexity index is 636. The lowest BCUT2D eigenvalue weighted by molar-refractivity contribution is -0.132. The van der Waals surface area contributed by atoms with E-state index in [4.69, 9.17) is 4.52 Å². The first kappa shape index (κ1) is 16.2. The van der Waals surface area contributed by atoms with E-state index in [1.165, 1.54) is 5.56 Å². The zero-order valence-electron chi connectivity index (χ0n) is 13.7. The van der Waals surface area contributed by atoms with Crippen molar-refractivity contribution in [2.75, 3.05) is 13.1 Å². The summed E-state index contributed by atoms with van der Waals surface area (Å²) < 4.78 is 5.31. The molecule has 0 N–H and O–H groups in total. The monoisotopic (exact) mass is 333 g/mol. The summed E-state index contributed by atoms with van der Waals surface area (Å²) in [6.45, 7) is 5.63. The lowest BCUT2D eigenvalue weighted by Gasteiger charge is -2.31. The molecule has 1 atom stereocenters. The Kier molecular flexibility index (Phi) is 5.10. The molecule has 23 heavy (non-hydrogen) atoms. The van der Waals surface area contributed by atoms with Gasteiger partial charge in [-0.3, -0.25) is 4.79 Å². The van der Waals surface area contributed by atoms with Crippen LogP contribution in [0.5, 0.6) is 0 Å². The van der Waals surface area contributed by atoms with Gasteiger partial charge in [0.2, 0.25) is 11.8 Å². The molecule has 2 aromatic heterocycles. The van der Waals surface area contributed by atoms with Crippen LogP contribution < -0.4 is 0 Å². The minimum atomic E-state index is 0.199. The Morgan fingerprint density at radius 1 is 1.52 bits per heavy atom. The van der Waals surface area contributed by atoms with Crippen LogP contribution in [0.25, 0.3) is 0 Å². The summed E-state index contributed by atoms with van der Waals surface area (Å²) in [6, 6.07) is 2.09. The van der Waals surface area contributed by atoms with Crippen molar-refractivity contribution < 1.29 is 9.32 Å². The minimum Gasteiger partial charge on any atom is -0.342 e. The Labute approximate surface area is 140 Å². The highest BCUT2D eigenvalue weighted by molar-refractivity contribution is 7.07. The number of nitrogens with zero attached hydrogens (tertiary/aromatic N) is 3. The van der Waals surface area contributed by atoms with Crippen molar-refractivity contribution in [2.24, 2.45) is 0 Å². The van der Waals surface area contributed by atoms with Gasteiger partial charge in [-0.2, -0.15) is 16.3 Å². The zero-order valence-corrected chi connectivity index (χ0v) is 14.5. The summed E-state index contributed by atoms with van der Waals surface area (Å²) in [7, 11) is 0. The summed E-state index contributed by atoms with van der Waals surface area (Å²) in [4.78, 5) is 18.9. The first-order valence-corrected chi connectivity index (χ1v) is 9.20. The molecular formula is C17H23N3O2S. The maximum absolute atomic E-state index is 12.4. The molecule has 0 unspecified atom stereocenters. The van der Waals surface area contributed by atoms with Gasteiger partial charge < -0.3 is 9.42 Å². The number of piperidine rings is 1. The van der Waals surface area contributed by atoms with E-state index in [0.717, 1.165) is 31.6 Å². The number of hydrogen-bond donors (Lipinski definition) is 0. The maximum atomic E-state index is 12.4. The first-order valence-electron chi connectivity index (χ1n) is 8.26. The molecule has 1 fully saturated rings. The van der Waals surface area contributed by atoms with Crippen LogP contribution in [0.3, 0.4) is 0 Å². The minimum absolute atomic E-state index is 0.199. The van der Waals surface area contributed by atoms with E-state index < -0.39 is 0 Å². The molecule has 0 radical (unpaired) electrons. The third kappa shape index (κ3) is 3.99. The van der Waals surface area contributed by atoms with Crippen LogP contribution in [0.4, 0.5) is 0 Å². The number of likely N-dealkylation sites (tertiary alicyclic amines) is 1. The van der Waals surface area contributed by atoms with E-state index in [1.807, 2.05) is 18.7 Å². The number of carbonyl (C=O) groups is 1. The van der Waals surface area contributed by atoms with Crippen molar-refractivity contribution in [1.29, 1.82) is 0 Å². The normalized spacial score (nSPS) is 18.6. The Morgan fingerprint density at radius 3 is 3.09 bits per heavy atom. The Hall–Kier alpha value is -1.69. The van der Waals surface area contributed by atoms with Gasteiger partial charge in [-0.25, -0.2) is 0 Å². The Morgan fingerprint density at radius 2 is 2.39 bits per heavy atom. The van der Waals surface area contributed by atoms with E-state index in [0.29, 0.717) is 18.9 Å². The van der Waals surface area contributed by atoms with Crippen LogP contribution in [0.1, 0.15) is 62.2 Å². The molecule has 3 rings (SSSR count). The average molecular weight is 333 g/mol. The quantitative estimate of drug-likeness (QED) is 0.839. The molecule has 2 aromatic rings.